The molecule has 3 nitrogen and oxygen atoms in total. The molecule has 0 N–H and O–H groups in total. The topological polar surface area (TPSA) is 29.0 Å². The largest absolute Gasteiger partial charge is 0.307 e. The highest BCUT2D eigenvalue weighted by Gasteiger charge is 2.20. The van der Waals surface area contributed by atoms with Crippen molar-refractivity contribution in [2.24, 2.45) is 0 Å². The highest BCUT2D eigenvalue weighted by Crippen LogP contribution is 2.46. The highest BCUT2D eigenvalue weighted by molar-refractivity contribution is 6.34. The molecule has 190 valence electrons. The minimum atomic E-state index is 0.981. The Kier molecular flexibility index (Phi) is 4.61. The first-order chi connectivity index (χ1) is 20.3. The summed E-state index contributed by atoms with van der Waals surface area (Å²) >= 11 is 0. The fourth-order valence-corrected chi connectivity index (χ4v) is 6.62. The van der Waals surface area contributed by atoms with Crippen molar-refractivity contribution in [1.29, 1.82) is 0 Å². The van der Waals surface area contributed by atoms with Crippen LogP contribution in [-0.4, -0.2) is 9.97 Å². The highest BCUT2D eigenvalue weighted by atomic mass is 15.2. The molecule has 0 saturated heterocycles. The summed E-state index contributed by atoms with van der Waals surface area (Å²) in [5.74, 6) is 0. The lowest BCUT2D eigenvalue weighted by Crippen LogP contribution is -2.11. The lowest BCUT2D eigenvalue weighted by Gasteiger charge is -2.27. The monoisotopic (exact) mass is 521 g/mol. The zero-order chi connectivity index (χ0) is 26.9. The van der Waals surface area contributed by atoms with Crippen LogP contribution in [0.25, 0.3) is 64.9 Å². The van der Waals surface area contributed by atoms with Crippen molar-refractivity contribution in [3.63, 3.8) is 0 Å². The van der Waals surface area contributed by atoms with Crippen molar-refractivity contribution in [1.82, 2.24) is 9.97 Å². The standard InChI is InChI=1S/C38H23N3/c1-3-16-34-25(8-1)20-27(22-39-34)41(28-21-26-9-2-4-17-35(26)40-23-28)36-19-18-32-30-13-6-11-24-10-5-12-29(37(24)30)31-14-7-15-33(36)38(31)32/h1-23H. The van der Waals surface area contributed by atoms with E-state index in [-0.39, 0.29) is 0 Å². The fraction of sp³-hybridized carbons (Fsp3) is 0. The van der Waals surface area contributed by atoms with Gasteiger partial charge < -0.3 is 4.90 Å². The summed E-state index contributed by atoms with van der Waals surface area (Å²) in [6.45, 7) is 0. The molecule has 0 aliphatic carbocycles. The van der Waals surface area contributed by atoms with Gasteiger partial charge in [0.25, 0.3) is 0 Å². The van der Waals surface area contributed by atoms with E-state index in [0.29, 0.717) is 0 Å². The van der Waals surface area contributed by atoms with Gasteiger partial charge in [-0.25, -0.2) is 0 Å². The number of hydrogen-bond acceptors (Lipinski definition) is 3. The van der Waals surface area contributed by atoms with Gasteiger partial charge in [-0.05, 0) is 68.0 Å². The third-order valence-corrected chi connectivity index (χ3v) is 8.41. The predicted molar refractivity (Wildman–Crippen MR) is 173 cm³/mol. The molecule has 3 heteroatoms. The third kappa shape index (κ3) is 3.26. The molecule has 0 unspecified atom stereocenters. The SMILES string of the molecule is c1ccc2ncc(N(c3cnc4ccccc4c3)c3ccc4c5cccc6cccc(c7cccc3c74)c65)cc2c1. The summed E-state index contributed by atoms with van der Waals surface area (Å²) in [4.78, 5) is 12.0. The van der Waals surface area contributed by atoms with Gasteiger partial charge in [0.05, 0.1) is 40.5 Å². The summed E-state index contributed by atoms with van der Waals surface area (Å²) < 4.78 is 0. The van der Waals surface area contributed by atoms with Gasteiger partial charge in [0.15, 0.2) is 0 Å². The second kappa shape index (κ2) is 8.48. The minimum absolute atomic E-state index is 0.981. The molecule has 0 spiro atoms. The van der Waals surface area contributed by atoms with Crippen LogP contribution in [0.15, 0.2) is 140 Å². The van der Waals surface area contributed by atoms with E-state index in [2.05, 4.69) is 120 Å². The Hall–Kier alpha value is -5.54. The molecule has 0 atom stereocenters. The lowest BCUT2D eigenvalue weighted by atomic mass is 9.89. The van der Waals surface area contributed by atoms with Gasteiger partial charge in [-0.3, -0.25) is 9.97 Å². The maximum absolute atomic E-state index is 4.85. The van der Waals surface area contributed by atoms with E-state index >= 15 is 0 Å². The van der Waals surface area contributed by atoms with Crippen molar-refractivity contribution in [3.05, 3.63) is 140 Å². The van der Waals surface area contributed by atoms with Crippen molar-refractivity contribution >= 4 is 82.0 Å². The Morgan fingerprint density at radius 1 is 0.390 bits per heavy atom. The van der Waals surface area contributed by atoms with Crippen molar-refractivity contribution in [2.75, 3.05) is 4.90 Å². The van der Waals surface area contributed by atoms with Gasteiger partial charge >= 0.3 is 0 Å². The normalized spacial score (nSPS) is 11.9. The molecule has 2 aromatic heterocycles. The number of hydrogen-bond donors (Lipinski definition) is 0. The van der Waals surface area contributed by atoms with E-state index in [1.54, 1.807) is 0 Å². The van der Waals surface area contributed by atoms with Gasteiger partial charge in [0, 0.05) is 16.2 Å². The molecule has 2 heterocycles. The molecule has 0 bridgehead atoms. The number of para-hydroxylation sites is 2. The Bertz CT molecular complexity index is 2310. The molecule has 41 heavy (non-hydrogen) atoms. The molecule has 0 radical (unpaired) electrons. The summed E-state index contributed by atoms with van der Waals surface area (Å²) in [6.07, 6.45) is 3.95. The lowest BCUT2D eigenvalue weighted by molar-refractivity contribution is 1.25. The quantitative estimate of drug-likeness (QED) is 0.171. The van der Waals surface area contributed by atoms with E-state index in [4.69, 9.17) is 9.97 Å². The second-order valence-electron chi connectivity index (χ2n) is 10.7. The van der Waals surface area contributed by atoms with Crippen LogP contribution in [0.2, 0.25) is 0 Å². The number of fused-ring (bicyclic) bond motifs is 4. The molecular weight excluding hydrogens is 498 g/mol. The third-order valence-electron chi connectivity index (χ3n) is 8.41. The van der Waals surface area contributed by atoms with Crippen LogP contribution in [0.5, 0.6) is 0 Å². The molecule has 0 amide bonds. The number of rotatable bonds is 3. The molecule has 0 saturated carbocycles. The average molecular weight is 522 g/mol. The summed E-state index contributed by atoms with van der Waals surface area (Å²) in [5.41, 5.74) is 5.06. The van der Waals surface area contributed by atoms with Crippen LogP contribution in [0.3, 0.4) is 0 Å². The second-order valence-corrected chi connectivity index (χ2v) is 10.7. The Labute approximate surface area is 236 Å². The Balaban J connectivity index is 1.39. The number of pyridine rings is 2. The fourth-order valence-electron chi connectivity index (χ4n) is 6.62. The first-order valence-electron chi connectivity index (χ1n) is 13.9. The molecule has 0 aliphatic heterocycles. The summed E-state index contributed by atoms with van der Waals surface area (Å²) in [7, 11) is 0. The molecule has 9 rings (SSSR count). The maximum atomic E-state index is 4.85. The van der Waals surface area contributed by atoms with E-state index in [1.165, 1.54) is 43.1 Å². The smallest absolute Gasteiger partial charge is 0.0703 e. The van der Waals surface area contributed by atoms with Crippen LogP contribution < -0.4 is 4.90 Å². The molecule has 7 aromatic carbocycles. The summed E-state index contributed by atoms with van der Waals surface area (Å²) in [6, 6.07) is 45.5. The van der Waals surface area contributed by atoms with Crippen LogP contribution in [0.4, 0.5) is 17.1 Å². The molecule has 0 fully saturated rings. The number of aromatic nitrogens is 2. The predicted octanol–water partition coefficient (Wildman–Crippen LogP) is 10.3. The summed E-state index contributed by atoms with van der Waals surface area (Å²) in [5, 5.41) is 12.4. The van der Waals surface area contributed by atoms with Crippen LogP contribution >= 0.6 is 0 Å². The number of anilines is 3. The Morgan fingerprint density at radius 2 is 0.878 bits per heavy atom. The first kappa shape index (κ1) is 22.3. The number of benzene rings is 7. The molecular formula is C38H23N3. The van der Waals surface area contributed by atoms with Crippen LogP contribution in [0, 0.1) is 0 Å². The van der Waals surface area contributed by atoms with Gasteiger partial charge in [0.1, 0.15) is 0 Å². The maximum Gasteiger partial charge on any atom is 0.0703 e. The van der Waals surface area contributed by atoms with Gasteiger partial charge in [-0.2, -0.15) is 0 Å². The van der Waals surface area contributed by atoms with Gasteiger partial charge in [-0.1, -0.05) is 97.1 Å². The zero-order valence-corrected chi connectivity index (χ0v) is 22.1. The minimum Gasteiger partial charge on any atom is -0.307 e. The average Bonchev–Trinajstić information content (AvgIpc) is 3.04. The molecule has 0 aliphatic rings. The Morgan fingerprint density at radius 3 is 1.51 bits per heavy atom. The van der Waals surface area contributed by atoms with Crippen molar-refractivity contribution in [3.8, 4) is 0 Å². The van der Waals surface area contributed by atoms with E-state index in [9.17, 15) is 0 Å². The molecule has 9 aromatic rings. The van der Waals surface area contributed by atoms with Crippen molar-refractivity contribution in [2.45, 2.75) is 0 Å². The van der Waals surface area contributed by atoms with Crippen molar-refractivity contribution < 1.29 is 0 Å². The zero-order valence-electron chi connectivity index (χ0n) is 22.1. The first-order valence-corrected chi connectivity index (χ1v) is 13.9. The van der Waals surface area contributed by atoms with Gasteiger partial charge in [-0.15, -0.1) is 0 Å². The van der Waals surface area contributed by atoms with E-state index in [1.807, 2.05) is 24.5 Å². The van der Waals surface area contributed by atoms with Crippen LogP contribution in [-0.2, 0) is 0 Å². The van der Waals surface area contributed by atoms with Gasteiger partial charge in [0.2, 0.25) is 0 Å². The van der Waals surface area contributed by atoms with E-state index in [0.717, 1.165) is 38.9 Å². The number of nitrogens with zero attached hydrogens (tertiary/aromatic N) is 3. The van der Waals surface area contributed by atoms with Crippen LogP contribution in [0.1, 0.15) is 0 Å². The van der Waals surface area contributed by atoms with E-state index < -0.39 is 0 Å².